The molecule has 2 rings (SSSR count). The van der Waals surface area contributed by atoms with Gasteiger partial charge in [-0.05, 0) is 31.6 Å². The van der Waals surface area contributed by atoms with Crippen molar-refractivity contribution < 1.29 is 9.53 Å². The van der Waals surface area contributed by atoms with Crippen LogP contribution in [0.25, 0.3) is 0 Å². The third-order valence-electron chi connectivity index (χ3n) is 4.37. The van der Waals surface area contributed by atoms with Gasteiger partial charge in [-0.25, -0.2) is 0 Å². The quantitative estimate of drug-likeness (QED) is 0.755. The van der Waals surface area contributed by atoms with Gasteiger partial charge in [-0.1, -0.05) is 6.92 Å². The van der Waals surface area contributed by atoms with Gasteiger partial charge in [0.05, 0.1) is 6.10 Å². The van der Waals surface area contributed by atoms with Gasteiger partial charge < -0.3 is 9.64 Å². The van der Waals surface area contributed by atoms with Crippen molar-refractivity contribution in [2.45, 2.75) is 45.1 Å². The van der Waals surface area contributed by atoms with Crippen LogP contribution in [0.1, 0.15) is 39.0 Å². The minimum atomic E-state index is 0.304. The van der Waals surface area contributed by atoms with Crippen molar-refractivity contribution in [3.05, 3.63) is 0 Å². The average Bonchev–Trinajstić information content (AvgIpc) is 2.35. The van der Waals surface area contributed by atoms with Gasteiger partial charge in [0, 0.05) is 39.1 Å². The first-order valence-electron chi connectivity index (χ1n) is 6.97. The molecule has 2 aliphatic rings. The Kier molecular flexibility index (Phi) is 4.57. The molecule has 0 spiro atoms. The lowest BCUT2D eigenvalue weighted by Gasteiger charge is -2.35. The number of hydrogen-bond donors (Lipinski definition) is 0. The summed E-state index contributed by atoms with van der Waals surface area (Å²) in [6, 6.07) is 0. The van der Waals surface area contributed by atoms with Crippen molar-refractivity contribution in [1.82, 2.24) is 4.90 Å². The Bertz CT molecular complexity index is 259. The standard InChI is InChI=1S/C14H25NO2/c1-11-3-4-14(16)12(9-11)10-15-7-5-13(17-2)6-8-15/h11-13H,3-10H2,1-2H3. The lowest BCUT2D eigenvalue weighted by Crippen LogP contribution is -2.42. The van der Waals surface area contributed by atoms with Gasteiger partial charge in [0.25, 0.3) is 0 Å². The van der Waals surface area contributed by atoms with E-state index in [2.05, 4.69) is 11.8 Å². The van der Waals surface area contributed by atoms with E-state index in [0.29, 0.717) is 17.8 Å². The lowest BCUT2D eigenvalue weighted by molar-refractivity contribution is -0.126. The molecular weight excluding hydrogens is 214 g/mol. The molecule has 98 valence electrons. The molecule has 2 unspecified atom stereocenters. The molecule has 1 aliphatic carbocycles. The second-order valence-electron chi connectivity index (χ2n) is 5.78. The number of methoxy groups -OCH3 is 1. The number of Topliss-reactive ketones (excluding diaryl/α,β-unsaturated/α-hetero) is 1. The maximum atomic E-state index is 11.9. The maximum Gasteiger partial charge on any atom is 0.137 e. The van der Waals surface area contributed by atoms with Crippen molar-refractivity contribution in [3.63, 3.8) is 0 Å². The van der Waals surface area contributed by atoms with E-state index < -0.39 is 0 Å². The Morgan fingerprint density at radius 2 is 2.00 bits per heavy atom. The van der Waals surface area contributed by atoms with Crippen LogP contribution in [0.4, 0.5) is 0 Å². The first kappa shape index (κ1) is 13.0. The summed E-state index contributed by atoms with van der Waals surface area (Å²) in [6.45, 7) is 5.45. The number of carbonyl (C=O) groups excluding carboxylic acids is 1. The van der Waals surface area contributed by atoms with Gasteiger partial charge in [-0.2, -0.15) is 0 Å². The molecule has 3 nitrogen and oxygen atoms in total. The smallest absolute Gasteiger partial charge is 0.137 e. The molecule has 3 heteroatoms. The zero-order valence-electron chi connectivity index (χ0n) is 11.2. The fourth-order valence-electron chi connectivity index (χ4n) is 3.14. The highest BCUT2D eigenvalue weighted by molar-refractivity contribution is 5.81. The van der Waals surface area contributed by atoms with Gasteiger partial charge in [-0.3, -0.25) is 4.79 Å². The highest BCUT2D eigenvalue weighted by Crippen LogP contribution is 2.27. The Morgan fingerprint density at radius 3 is 2.65 bits per heavy atom. The molecule has 0 aromatic rings. The summed E-state index contributed by atoms with van der Waals surface area (Å²) in [5.74, 6) is 1.53. The van der Waals surface area contributed by atoms with E-state index in [1.165, 1.54) is 0 Å². The Morgan fingerprint density at radius 1 is 1.29 bits per heavy atom. The summed E-state index contributed by atoms with van der Waals surface area (Å²) in [4.78, 5) is 14.3. The molecule has 1 aliphatic heterocycles. The van der Waals surface area contributed by atoms with Crippen LogP contribution >= 0.6 is 0 Å². The summed E-state index contributed by atoms with van der Waals surface area (Å²) in [5.41, 5.74) is 0. The summed E-state index contributed by atoms with van der Waals surface area (Å²) < 4.78 is 5.37. The topological polar surface area (TPSA) is 29.5 Å². The van der Waals surface area contributed by atoms with Crippen LogP contribution in [0, 0.1) is 11.8 Å². The van der Waals surface area contributed by atoms with Gasteiger partial charge >= 0.3 is 0 Å². The number of carbonyl (C=O) groups is 1. The van der Waals surface area contributed by atoms with Gasteiger partial charge in [0.2, 0.25) is 0 Å². The Hall–Kier alpha value is -0.410. The molecule has 2 fully saturated rings. The third kappa shape index (κ3) is 3.52. The minimum absolute atomic E-state index is 0.304. The molecule has 1 saturated carbocycles. The van der Waals surface area contributed by atoms with E-state index in [4.69, 9.17) is 4.74 Å². The van der Waals surface area contributed by atoms with Crippen LogP contribution in [0.2, 0.25) is 0 Å². The highest BCUT2D eigenvalue weighted by Gasteiger charge is 2.29. The van der Waals surface area contributed by atoms with E-state index >= 15 is 0 Å². The highest BCUT2D eigenvalue weighted by atomic mass is 16.5. The van der Waals surface area contributed by atoms with Crippen molar-refractivity contribution >= 4 is 5.78 Å². The number of piperidine rings is 1. The zero-order valence-corrected chi connectivity index (χ0v) is 11.2. The van der Waals surface area contributed by atoms with Gasteiger partial charge in [0.15, 0.2) is 0 Å². The molecule has 0 aromatic carbocycles. The van der Waals surface area contributed by atoms with Gasteiger partial charge in [0.1, 0.15) is 5.78 Å². The van der Waals surface area contributed by atoms with Crippen LogP contribution in [0.15, 0.2) is 0 Å². The first-order valence-corrected chi connectivity index (χ1v) is 6.97. The van der Waals surface area contributed by atoms with E-state index in [0.717, 1.165) is 57.7 Å². The zero-order chi connectivity index (χ0) is 12.3. The predicted octanol–water partition coefficient (Wildman–Crippen LogP) is 2.10. The predicted molar refractivity (Wildman–Crippen MR) is 68.0 cm³/mol. The van der Waals surface area contributed by atoms with E-state index in [1.54, 1.807) is 7.11 Å². The van der Waals surface area contributed by atoms with Crippen molar-refractivity contribution in [2.75, 3.05) is 26.7 Å². The monoisotopic (exact) mass is 239 g/mol. The fourth-order valence-corrected chi connectivity index (χ4v) is 3.14. The fraction of sp³-hybridized carbons (Fsp3) is 0.929. The van der Waals surface area contributed by atoms with E-state index in [9.17, 15) is 4.79 Å². The van der Waals surface area contributed by atoms with Crippen LogP contribution in [0.3, 0.4) is 0 Å². The molecule has 0 N–H and O–H groups in total. The van der Waals surface area contributed by atoms with Gasteiger partial charge in [-0.15, -0.1) is 0 Å². The lowest BCUT2D eigenvalue weighted by atomic mass is 9.81. The summed E-state index contributed by atoms with van der Waals surface area (Å²) in [6.07, 6.45) is 5.68. The molecule has 0 bridgehead atoms. The minimum Gasteiger partial charge on any atom is -0.381 e. The number of hydrogen-bond acceptors (Lipinski definition) is 3. The van der Waals surface area contributed by atoms with E-state index in [-0.39, 0.29) is 0 Å². The van der Waals surface area contributed by atoms with Crippen LogP contribution in [-0.2, 0) is 9.53 Å². The summed E-state index contributed by atoms with van der Waals surface area (Å²) in [5, 5.41) is 0. The third-order valence-corrected chi connectivity index (χ3v) is 4.37. The first-order chi connectivity index (χ1) is 8.19. The molecule has 0 radical (unpaired) electrons. The van der Waals surface area contributed by atoms with E-state index in [1.807, 2.05) is 0 Å². The largest absolute Gasteiger partial charge is 0.381 e. The summed E-state index contributed by atoms with van der Waals surface area (Å²) in [7, 11) is 1.80. The SMILES string of the molecule is COC1CCN(CC2CC(C)CCC2=O)CC1. The van der Waals surface area contributed by atoms with Crippen LogP contribution in [0.5, 0.6) is 0 Å². The van der Waals surface area contributed by atoms with Crippen molar-refractivity contribution in [2.24, 2.45) is 11.8 Å². The Balaban J connectivity index is 1.78. The maximum absolute atomic E-state index is 11.9. The average molecular weight is 239 g/mol. The second kappa shape index (κ2) is 5.96. The normalized spacial score (nSPS) is 32.9. The molecule has 1 heterocycles. The van der Waals surface area contributed by atoms with Crippen molar-refractivity contribution in [3.8, 4) is 0 Å². The number of ketones is 1. The molecule has 1 saturated heterocycles. The molecule has 0 amide bonds. The van der Waals surface area contributed by atoms with Crippen molar-refractivity contribution in [1.29, 1.82) is 0 Å². The van der Waals surface area contributed by atoms with Crippen LogP contribution < -0.4 is 0 Å². The second-order valence-corrected chi connectivity index (χ2v) is 5.78. The number of likely N-dealkylation sites (tertiary alicyclic amines) is 1. The Labute approximate surface area is 105 Å². The number of nitrogens with zero attached hydrogens (tertiary/aromatic N) is 1. The molecular formula is C14H25NO2. The number of ether oxygens (including phenoxy) is 1. The molecule has 2 atom stereocenters. The number of rotatable bonds is 3. The molecule has 17 heavy (non-hydrogen) atoms. The van der Waals surface area contributed by atoms with Crippen LogP contribution in [-0.4, -0.2) is 43.5 Å². The molecule has 0 aromatic heterocycles. The summed E-state index contributed by atoms with van der Waals surface area (Å²) >= 11 is 0.